The zero-order chi connectivity index (χ0) is 16.8. The number of benzene rings is 2. The average Bonchev–Trinajstić information content (AvgIpc) is 2.52. The molecule has 2 aromatic carbocycles. The van der Waals surface area contributed by atoms with Crippen LogP contribution in [0.2, 0.25) is 5.02 Å². The Morgan fingerprint density at radius 2 is 1.83 bits per heavy atom. The zero-order valence-corrected chi connectivity index (χ0v) is 13.5. The fourth-order valence-electron chi connectivity index (χ4n) is 2.34. The third-order valence-electron chi connectivity index (χ3n) is 3.63. The number of carbonyl (C=O) groups excluding carboxylic acids is 2. The molecule has 120 valence electrons. The molecule has 0 spiro atoms. The van der Waals surface area contributed by atoms with Crippen molar-refractivity contribution >= 4 is 29.2 Å². The van der Waals surface area contributed by atoms with Gasteiger partial charge in [-0.25, -0.2) is 0 Å². The van der Waals surface area contributed by atoms with Crippen molar-refractivity contribution in [2.24, 2.45) is 5.92 Å². The number of hydrogen-bond acceptors (Lipinski definition) is 3. The van der Waals surface area contributed by atoms with E-state index in [4.69, 9.17) is 11.6 Å². The highest BCUT2D eigenvalue weighted by Gasteiger charge is 2.20. The Morgan fingerprint density at radius 3 is 2.48 bits per heavy atom. The van der Waals surface area contributed by atoms with E-state index in [2.05, 4.69) is 5.32 Å². The van der Waals surface area contributed by atoms with Gasteiger partial charge in [0.25, 0.3) is 0 Å². The minimum Gasteiger partial charge on any atom is -0.550 e. The molecule has 0 unspecified atom stereocenters. The first-order valence-corrected chi connectivity index (χ1v) is 7.65. The average molecular weight is 331 g/mol. The van der Waals surface area contributed by atoms with Crippen LogP contribution in [0.3, 0.4) is 0 Å². The summed E-state index contributed by atoms with van der Waals surface area (Å²) >= 11 is 6.04. The van der Waals surface area contributed by atoms with Gasteiger partial charge in [0.15, 0.2) is 0 Å². The van der Waals surface area contributed by atoms with E-state index < -0.39 is 11.9 Å². The van der Waals surface area contributed by atoms with E-state index in [1.54, 1.807) is 25.1 Å². The molecule has 0 heterocycles. The Balaban J connectivity index is 2.16. The van der Waals surface area contributed by atoms with Gasteiger partial charge in [-0.05, 0) is 43.0 Å². The van der Waals surface area contributed by atoms with Crippen LogP contribution in [0.15, 0.2) is 48.5 Å². The van der Waals surface area contributed by atoms with Crippen molar-refractivity contribution in [2.75, 3.05) is 5.32 Å². The molecule has 2 rings (SSSR count). The molecule has 0 aliphatic carbocycles. The van der Waals surface area contributed by atoms with Gasteiger partial charge in [0.2, 0.25) is 5.91 Å². The maximum Gasteiger partial charge on any atom is 0.228 e. The van der Waals surface area contributed by atoms with E-state index in [0.29, 0.717) is 17.1 Å². The Labute approximate surface area is 140 Å². The first kappa shape index (κ1) is 17.0. The number of nitrogens with one attached hydrogen (secondary N) is 1. The second-order valence-corrected chi connectivity index (χ2v) is 5.77. The topological polar surface area (TPSA) is 69.2 Å². The monoisotopic (exact) mass is 330 g/mol. The molecule has 0 radical (unpaired) electrons. The standard InChI is InChI=1S/C18H18ClNO3/c1-12-15(19)8-5-9-16(12)20-18(23)14(11-17(21)22)10-13-6-3-2-4-7-13/h2-9,14H,10-11H2,1H3,(H,20,23)(H,21,22)/p-1/t14-/m0/s1. The third-order valence-corrected chi connectivity index (χ3v) is 4.04. The van der Waals surface area contributed by atoms with Crippen LogP contribution in [0.1, 0.15) is 17.5 Å². The van der Waals surface area contributed by atoms with Gasteiger partial charge in [-0.2, -0.15) is 0 Å². The first-order chi connectivity index (χ1) is 11.0. The van der Waals surface area contributed by atoms with Gasteiger partial charge in [-0.1, -0.05) is 48.0 Å². The molecule has 0 aromatic heterocycles. The number of carbonyl (C=O) groups is 2. The second kappa shape index (κ2) is 7.79. The van der Waals surface area contributed by atoms with E-state index in [0.717, 1.165) is 11.1 Å². The second-order valence-electron chi connectivity index (χ2n) is 5.36. The largest absolute Gasteiger partial charge is 0.550 e. The van der Waals surface area contributed by atoms with Crippen LogP contribution in [-0.4, -0.2) is 11.9 Å². The Kier molecular flexibility index (Phi) is 5.77. The Hall–Kier alpha value is -2.33. The van der Waals surface area contributed by atoms with Gasteiger partial charge in [0.05, 0.1) is 0 Å². The molecule has 0 aliphatic rings. The molecule has 1 N–H and O–H groups in total. The summed E-state index contributed by atoms with van der Waals surface area (Å²) in [5.74, 6) is -2.31. The van der Waals surface area contributed by atoms with Gasteiger partial charge < -0.3 is 15.2 Å². The number of hydrogen-bond donors (Lipinski definition) is 1. The molecule has 4 nitrogen and oxygen atoms in total. The number of halogens is 1. The van der Waals surface area contributed by atoms with Crippen molar-refractivity contribution in [2.45, 2.75) is 19.8 Å². The Morgan fingerprint density at radius 1 is 1.13 bits per heavy atom. The number of carboxylic acids is 1. The molecule has 0 fully saturated rings. The molecular weight excluding hydrogens is 314 g/mol. The summed E-state index contributed by atoms with van der Waals surface area (Å²) in [5.41, 5.74) is 2.23. The lowest BCUT2D eigenvalue weighted by Gasteiger charge is -2.18. The molecule has 1 amide bonds. The van der Waals surface area contributed by atoms with E-state index in [-0.39, 0.29) is 12.3 Å². The van der Waals surface area contributed by atoms with Crippen LogP contribution in [-0.2, 0) is 16.0 Å². The highest BCUT2D eigenvalue weighted by Crippen LogP contribution is 2.24. The van der Waals surface area contributed by atoms with E-state index >= 15 is 0 Å². The predicted molar refractivity (Wildman–Crippen MR) is 88.1 cm³/mol. The maximum absolute atomic E-state index is 12.5. The van der Waals surface area contributed by atoms with Crippen molar-refractivity contribution < 1.29 is 14.7 Å². The highest BCUT2D eigenvalue weighted by molar-refractivity contribution is 6.31. The number of aliphatic carboxylic acids is 1. The van der Waals surface area contributed by atoms with Crippen molar-refractivity contribution in [3.8, 4) is 0 Å². The molecule has 0 saturated carbocycles. The molecule has 5 heteroatoms. The fraction of sp³-hybridized carbons (Fsp3) is 0.222. The normalized spacial score (nSPS) is 11.7. The molecule has 2 aromatic rings. The first-order valence-electron chi connectivity index (χ1n) is 7.27. The summed E-state index contributed by atoms with van der Waals surface area (Å²) in [6.45, 7) is 1.79. The van der Waals surface area contributed by atoms with Gasteiger partial charge >= 0.3 is 0 Å². The van der Waals surface area contributed by atoms with Gasteiger partial charge in [0, 0.05) is 22.6 Å². The van der Waals surface area contributed by atoms with Crippen LogP contribution in [0, 0.1) is 12.8 Å². The number of rotatable bonds is 6. The number of carboxylic acid groups (broad SMARTS) is 1. The molecule has 0 bridgehead atoms. The summed E-state index contributed by atoms with van der Waals surface area (Å²) in [7, 11) is 0. The van der Waals surface area contributed by atoms with Crippen molar-refractivity contribution in [1.82, 2.24) is 0 Å². The third kappa shape index (κ3) is 4.83. The minimum atomic E-state index is -1.25. The SMILES string of the molecule is Cc1c(Cl)cccc1NC(=O)[C@H](CC(=O)[O-])Cc1ccccc1. The fourth-order valence-corrected chi connectivity index (χ4v) is 2.51. The molecule has 0 aliphatic heterocycles. The smallest absolute Gasteiger partial charge is 0.228 e. The highest BCUT2D eigenvalue weighted by atomic mass is 35.5. The summed E-state index contributed by atoms with van der Waals surface area (Å²) in [5, 5.41) is 14.3. The molecular formula is C18H17ClNO3-. The number of amides is 1. The van der Waals surface area contributed by atoms with Crippen LogP contribution in [0.25, 0.3) is 0 Å². The molecule has 23 heavy (non-hydrogen) atoms. The summed E-state index contributed by atoms with van der Waals surface area (Å²) in [6, 6.07) is 14.5. The van der Waals surface area contributed by atoms with Gasteiger partial charge in [-0.3, -0.25) is 4.79 Å². The van der Waals surface area contributed by atoms with Crippen LogP contribution in [0.5, 0.6) is 0 Å². The zero-order valence-electron chi connectivity index (χ0n) is 12.7. The number of anilines is 1. The summed E-state index contributed by atoms with van der Waals surface area (Å²) in [4.78, 5) is 23.4. The minimum absolute atomic E-state index is 0.333. The van der Waals surface area contributed by atoms with Crippen molar-refractivity contribution in [1.29, 1.82) is 0 Å². The van der Waals surface area contributed by atoms with Gasteiger partial charge in [-0.15, -0.1) is 0 Å². The molecule has 0 saturated heterocycles. The van der Waals surface area contributed by atoms with Gasteiger partial charge in [0.1, 0.15) is 0 Å². The van der Waals surface area contributed by atoms with Crippen LogP contribution >= 0.6 is 11.6 Å². The van der Waals surface area contributed by atoms with Crippen molar-refractivity contribution in [3.63, 3.8) is 0 Å². The van der Waals surface area contributed by atoms with Crippen molar-refractivity contribution in [3.05, 3.63) is 64.7 Å². The summed E-state index contributed by atoms with van der Waals surface area (Å²) < 4.78 is 0. The van der Waals surface area contributed by atoms with Crippen LogP contribution in [0.4, 0.5) is 5.69 Å². The Bertz CT molecular complexity index is 701. The van der Waals surface area contributed by atoms with Crippen LogP contribution < -0.4 is 10.4 Å². The summed E-state index contributed by atoms with van der Waals surface area (Å²) in [6.07, 6.45) is 0.000603. The van der Waals surface area contributed by atoms with E-state index in [9.17, 15) is 14.7 Å². The lowest BCUT2D eigenvalue weighted by molar-refractivity contribution is -0.306. The predicted octanol–water partition coefficient (Wildman–Crippen LogP) is 2.59. The lowest BCUT2D eigenvalue weighted by atomic mass is 9.95. The lowest BCUT2D eigenvalue weighted by Crippen LogP contribution is -2.32. The maximum atomic E-state index is 12.5. The van der Waals surface area contributed by atoms with E-state index in [1.807, 2.05) is 30.3 Å². The molecule has 1 atom stereocenters. The quantitative estimate of drug-likeness (QED) is 0.885. The van der Waals surface area contributed by atoms with E-state index in [1.165, 1.54) is 0 Å².